The summed E-state index contributed by atoms with van der Waals surface area (Å²) in [4.78, 5) is 25.0. The second-order valence-corrected chi connectivity index (χ2v) is 9.29. The molecule has 31 heavy (non-hydrogen) atoms. The molecule has 0 spiro atoms. The molecule has 10 heteroatoms. The smallest absolute Gasteiger partial charge is 0.251 e. The van der Waals surface area contributed by atoms with E-state index in [1.165, 1.54) is 19.2 Å². The van der Waals surface area contributed by atoms with Crippen molar-refractivity contribution < 1.29 is 22.7 Å². The zero-order valence-corrected chi connectivity index (χ0v) is 19.1. The maximum Gasteiger partial charge on any atom is 0.251 e. The minimum Gasteiger partial charge on any atom is -0.497 e. The number of methoxy groups -OCH3 is 1. The lowest BCUT2D eigenvalue weighted by Gasteiger charge is -2.18. The number of hydrogen-bond acceptors (Lipinski definition) is 6. The zero-order chi connectivity index (χ0) is 22.7. The van der Waals surface area contributed by atoms with Crippen LogP contribution in [0.3, 0.4) is 0 Å². The Morgan fingerprint density at radius 2 is 1.71 bits per heavy atom. The Kier molecular flexibility index (Phi) is 9.83. The van der Waals surface area contributed by atoms with E-state index in [1.54, 1.807) is 48.2 Å². The Morgan fingerprint density at radius 3 is 2.32 bits per heavy atom. The molecule has 0 fully saturated rings. The number of hydrogen-bond donors (Lipinski definition) is 3. The van der Waals surface area contributed by atoms with E-state index in [-0.39, 0.29) is 29.8 Å². The van der Waals surface area contributed by atoms with E-state index in [9.17, 15) is 18.0 Å². The minimum atomic E-state index is -3.70. The number of nitrogens with one attached hydrogen (secondary N) is 3. The molecule has 2 aromatic rings. The lowest BCUT2D eigenvalue weighted by Crippen LogP contribution is -2.48. The maximum absolute atomic E-state index is 12.6. The normalized spacial score (nSPS) is 12.1. The van der Waals surface area contributed by atoms with E-state index in [0.717, 1.165) is 0 Å². The number of carbonyl (C=O) groups is 2. The summed E-state index contributed by atoms with van der Waals surface area (Å²) in [7, 11) is -2.20. The second-order valence-electron chi connectivity index (χ2n) is 6.54. The minimum absolute atomic E-state index is 0.0159. The van der Waals surface area contributed by atoms with E-state index in [2.05, 4.69) is 15.4 Å². The fraction of sp³-hybridized carbons (Fsp3) is 0.333. The number of thioether (sulfide) groups is 1. The van der Waals surface area contributed by atoms with Gasteiger partial charge in [-0.05, 0) is 54.8 Å². The molecule has 8 nitrogen and oxygen atoms in total. The van der Waals surface area contributed by atoms with Crippen LogP contribution in [0.5, 0.6) is 5.75 Å². The molecule has 2 rings (SSSR count). The van der Waals surface area contributed by atoms with Crippen LogP contribution in [0.15, 0.2) is 59.5 Å². The first-order chi connectivity index (χ1) is 14.9. The molecule has 3 N–H and O–H groups in total. The fourth-order valence-corrected chi connectivity index (χ4v) is 4.17. The maximum atomic E-state index is 12.6. The molecule has 2 aromatic carbocycles. The lowest BCUT2D eigenvalue weighted by molar-refractivity contribution is -0.122. The number of rotatable bonds is 12. The molecule has 0 heterocycles. The summed E-state index contributed by atoms with van der Waals surface area (Å²) in [6.07, 6.45) is 2.38. The standard InChI is InChI=1S/C21H27N3O5S2/c1-29-17-8-10-18(11-9-17)31(27,28)23-14-13-22-21(26)19(12-15-30-2)24-20(25)16-6-4-3-5-7-16/h3-11,19,23H,12-15H2,1-2H3,(H,22,26)(H,24,25)/t19-/m0/s1. The number of carbonyl (C=O) groups excluding carboxylic acids is 2. The molecule has 0 unspecified atom stereocenters. The van der Waals surface area contributed by atoms with Gasteiger partial charge in [0.25, 0.3) is 5.91 Å². The first kappa shape index (κ1) is 24.7. The summed E-state index contributed by atoms with van der Waals surface area (Å²) >= 11 is 1.57. The monoisotopic (exact) mass is 465 g/mol. The average Bonchev–Trinajstić information content (AvgIpc) is 2.79. The van der Waals surface area contributed by atoms with Crippen molar-refractivity contribution in [3.05, 3.63) is 60.2 Å². The molecule has 1 atom stereocenters. The van der Waals surface area contributed by atoms with Gasteiger partial charge in [0.05, 0.1) is 12.0 Å². The molecule has 0 aromatic heterocycles. The van der Waals surface area contributed by atoms with E-state index in [4.69, 9.17) is 4.74 Å². The number of benzene rings is 2. The van der Waals surface area contributed by atoms with Gasteiger partial charge in [0.1, 0.15) is 11.8 Å². The average molecular weight is 466 g/mol. The van der Waals surface area contributed by atoms with Gasteiger partial charge >= 0.3 is 0 Å². The van der Waals surface area contributed by atoms with E-state index in [1.807, 2.05) is 12.3 Å². The van der Waals surface area contributed by atoms with Gasteiger partial charge < -0.3 is 15.4 Å². The van der Waals surface area contributed by atoms with Crippen LogP contribution in [-0.2, 0) is 14.8 Å². The highest BCUT2D eigenvalue weighted by molar-refractivity contribution is 7.98. The summed E-state index contributed by atoms with van der Waals surface area (Å²) in [5.41, 5.74) is 0.469. The van der Waals surface area contributed by atoms with Gasteiger partial charge in [-0.25, -0.2) is 13.1 Å². The first-order valence-electron chi connectivity index (χ1n) is 9.63. The van der Waals surface area contributed by atoms with Gasteiger partial charge in [0.15, 0.2) is 0 Å². The lowest BCUT2D eigenvalue weighted by atomic mass is 10.1. The molecule has 168 valence electrons. The van der Waals surface area contributed by atoms with Gasteiger partial charge in [-0.15, -0.1) is 0 Å². The van der Waals surface area contributed by atoms with Crippen molar-refractivity contribution in [1.82, 2.24) is 15.4 Å². The molecular formula is C21H27N3O5S2. The van der Waals surface area contributed by atoms with Crippen molar-refractivity contribution in [1.29, 1.82) is 0 Å². The molecule has 0 saturated carbocycles. The third kappa shape index (κ3) is 7.89. The summed E-state index contributed by atoms with van der Waals surface area (Å²) in [5.74, 6) is 0.557. The predicted octanol–water partition coefficient (Wildman–Crippen LogP) is 1.64. The summed E-state index contributed by atoms with van der Waals surface area (Å²) in [6.45, 7) is 0.104. The highest BCUT2D eigenvalue weighted by atomic mass is 32.2. The molecule has 0 saturated heterocycles. The number of amides is 2. The van der Waals surface area contributed by atoms with Crippen molar-refractivity contribution in [3.8, 4) is 5.75 Å². The summed E-state index contributed by atoms with van der Waals surface area (Å²) in [6, 6.07) is 13.9. The highest BCUT2D eigenvalue weighted by Crippen LogP contribution is 2.15. The van der Waals surface area contributed by atoms with Gasteiger partial charge in [-0.2, -0.15) is 11.8 Å². The van der Waals surface area contributed by atoms with E-state index < -0.39 is 16.1 Å². The van der Waals surface area contributed by atoms with Crippen LogP contribution < -0.4 is 20.1 Å². The number of ether oxygens (including phenoxy) is 1. The Hall–Kier alpha value is -2.56. The van der Waals surface area contributed by atoms with Gasteiger partial charge in [-0.1, -0.05) is 18.2 Å². The van der Waals surface area contributed by atoms with Crippen LogP contribution in [0.2, 0.25) is 0 Å². The third-order valence-electron chi connectivity index (χ3n) is 4.35. The van der Waals surface area contributed by atoms with Crippen molar-refractivity contribution in [2.24, 2.45) is 0 Å². The summed E-state index contributed by atoms with van der Waals surface area (Å²) < 4.78 is 32.1. The molecular weight excluding hydrogens is 438 g/mol. The SMILES string of the molecule is COc1ccc(S(=O)(=O)NCCNC(=O)[C@H](CCSC)NC(=O)c2ccccc2)cc1. The van der Waals surface area contributed by atoms with Gasteiger partial charge in [-0.3, -0.25) is 9.59 Å². The molecule has 0 bridgehead atoms. The van der Waals surface area contributed by atoms with Crippen LogP contribution in [0.1, 0.15) is 16.8 Å². The quantitative estimate of drug-likeness (QED) is 0.411. The largest absolute Gasteiger partial charge is 0.497 e. The summed E-state index contributed by atoms with van der Waals surface area (Å²) in [5, 5.41) is 5.43. The van der Waals surface area contributed by atoms with E-state index >= 15 is 0 Å². The van der Waals surface area contributed by atoms with Crippen LogP contribution in [0.25, 0.3) is 0 Å². The highest BCUT2D eigenvalue weighted by Gasteiger charge is 2.21. The Morgan fingerprint density at radius 1 is 1.03 bits per heavy atom. The van der Waals surface area contributed by atoms with Crippen molar-refractivity contribution in [2.45, 2.75) is 17.4 Å². The first-order valence-corrected chi connectivity index (χ1v) is 12.5. The van der Waals surface area contributed by atoms with Crippen molar-refractivity contribution in [3.63, 3.8) is 0 Å². The van der Waals surface area contributed by atoms with Crippen molar-refractivity contribution in [2.75, 3.05) is 32.2 Å². The third-order valence-corrected chi connectivity index (χ3v) is 6.48. The van der Waals surface area contributed by atoms with E-state index in [0.29, 0.717) is 23.5 Å². The molecule has 0 aliphatic carbocycles. The number of sulfonamides is 1. The predicted molar refractivity (Wildman–Crippen MR) is 122 cm³/mol. The van der Waals surface area contributed by atoms with Crippen LogP contribution >= 0.6 is 11.8 Å². The Labute approximate surface area is 187 Å². The zero-order valence-electron chi connectivity index (χ0n) is 17.5. The van der Waals surface area contributed by atoms with Crippen LogP contribution in [0.4, 0.5) is 0 Å². The van der Waals surface area contributed by atoms with Crippen LogP contribution in [0, 0.1) is 0 Å². The molecule has 0 radical (unpaired) electrons. The Balaban J connectivity index is 1.87. The fourth-order valence-electron chi connectivity index (χ4n) is 2.67. The second kappa shape index (κ2) is 12.3. The molecule has 0 aliphatic rings. The molecule has 0 aliphatic heterocycles. The Bertz CT molecular complexity index is 951. The van der Waals surface area contributed by atoms with Gasteiger partial charge in [0.2, 0.25) is 15.9 Å². The van der Waals surface area contributed by atoms with Crippen LogP contribution in [-0.4, -0.2) is 58.5 Å². The molecule has 2 amide bonds. The topological polar surface area (TPSA) is 114 Å². The van der Waals surface area contributed by atoms with Crippen molar-refractivity contribution >= 4 is 33.6 Å². The van der Waals surface area contributed by atoms with Gasteiger partial charge in [0, 0.05) is 18.7 Å².